The SMILES string of the molecule is CCC(C)C1(F)C#CCCCCC1. The number of hydrogen-bond acceptors (Lipinski definition) is 0. The fourth-order valence-corrected chi connectivity index (χ4v) is 1.74. The normalized spacial score (nSPS) is 31.0. The van der Waals surface area contributed by atoms with Gasteiger partial charge in [-0.1, -0.05) is 32.1 Å². The van der Waals surface area contributed by atoms with Crippen LogP contribution >= 0.6 is 0 Å². The molecule has 1 aliphatic carbocycles. The molecule has 0 saturated carbocycles. The predicted molar refractivity (Wildman–Crippen MR) is 54.2 cm³/mol. The summed E-state index contributed by atoms with van der Waals surface area (Å²) in [6.07, 6.45) is 5.66. The molecule has 2 unspecified atom stereocenters. The standard InChI is InChI=1S/C12H19F/c1-3-11(2)12(13)9-7-5-4-6-8-10-12/h11H,3-7,9H2,1-2H3. The fraction of sp³-hybridized carbons (Fsp3) is 0.833. The summed E-state index contributed by atoms with van der Waals surface area (Å²) < 4.78 is 14.2. The van der Waals surface area contributed by atoms with Crippen molar-refractivity contribution in [3.8, 4) is 11.8 Å². The molecule has 0 fully saturated rings. The molecule has 1 heteroatoms. The minimum atomic E-state index is -1.20. The summed E-state index contributed by atoms with van der Waals surface area (Å²) >= 11 is 0. The second kappa shape index (κ2) is 4.65. The number of alkyl halides is 1. The maximum atomic E-state index is 14.2. The molecule has 0 radical (unpaired) electrons. The number of halogens is 1. The van der Waals surface area contributed by atoms with E-state index in [9.17, 15) is 4.39 Å². The van der Waals surface area contributed by atoms with Gasteiger partial charge in [-0.15, -0.1) is 0 Å². The largest absolute Gasteiger partial charge is 0.229 e. The first-order valence-corrected chi connectivity index (χ1v) is 5.38. The van der Waals surface area contributed by atoms with Crippen LogP contribution in [0.1, 0.15) is 52.4 Å². The minimum absolute atomic E-state index is 0.0816. The Balaban J connectivity index is 2.71. The Morgan fingerprint density at radius 1 is 1.38 bits per heavy atom. The van der Waals surface area contributed by atoms with Gasteiger partial charge in [-0.2, -0.15) is 0 Å². The zero-order valence-electron chi connectivity index (χ0n) is 8.70. The van der Waals surface area contributed by atoms with Gasteiger partial charge in [0.25, 0.3) is 0 Å². The molecule has 0 saturated heterocycles. The number of rotatable bonds is 2. The lowest BCUT2D eigenvalue weighted by molar-refractivity contribution is 0.138. The summed E-state index contributed by atoms with van der Waals surface area (Å²) in [4.78, 5) is 0. The Kier molecular flexibility index (Phi) is 3.78. The van der Waals surface area contributed by atoms with E-state index in [1.807, 2.05) is 13.8 Å². The van der Waals surface area contributed by atoms with Crippen LogP contribution in [0.3, 0.4) is 0 Å². The molecule has 2 atom stereocenters. The monoisotopic (exact) mass is 182 g/mol. The van der Waals surface area contributed by atoms with E-state index in [1.165, 1.54) is 0 Å². The van der Waals surface area contributed by atoms with Crippen molar-refractivity contribution < 1.29 is 4.39 Å². The van der Waals surface area contributed by atoms with Crippen molar-refractivity contribution in [1.29, 1.82) is 0 Å². The summed E-state index contributed by atoms with van der Waals surface area (Å²) in [5, 5.41) is 0. The molecule has 0 spiro atoms. The molecule has 0 bridgehead atoms. The van der Waals surface area contributed by atoms with E-state index in [0.717, 1.165) is 32.1 Å². The van der Waals surface area contributed by atoms with E-state index in [2.05, 4.69) is 11.8 Å². The molecule has 0 aliphatic heterocycles. The summed E-state index contributed by atoms with van der Waals surface area (Å²) in [7, 11) is 0. The third-order valence-corrected chi connectivity index (χ3v) is 3.03. The average molecular weight is 182 g/mol. The smallest absolute Gasteiger partial charge is 0.173 e. The van der Waals surface area contributed by atoms with Gasteiger partial charge >= 0.3 is 0 Å². The molecule has 0 aromatic rings. The van der Waals surface area contributed by atoms with Gasteiger partial charge in [0, 0.05) is 12.3 Å². The van der Waals surface area contributed by atoms with Crippen molar-refractivity contribution in [2.45, 2.75) is 58.0 Å². The Morgan fingerprint density at radius 3 is 2.85 bits per heavy atom. The number of hydrogen-bond donors (Lipinski definition) is 0. The van der Waals surface area contributed by atoms with Crippen LogP contribution < -0.4 is 0 Å². The van der Waals surface area contributed by atoms with Crippen LogP contribution in [-0.2, 0) is 0 Å². The van der Waals surface area contributed by atoms with Crippen LogP contribution in [0, 0.1) is 17.8 Å². The van der Waals surface area contributed by atoms with E-state index in [-0.39, 0.29) is 5.92 Å². The highest BCUT2D eigenvalue weighted by molar-refractivity contribution is 5.16. The van der Waals surface area contributed by atoms with Crippen LogP contribution in [-0.4, -0.2) is 5.67 Å². The summed E-state index contributed by atoms with van der Waals surface area (Å²) in [6, 6.07) is 0. The quantitative estimate of drug-likeness (QED) is 0.571. The zero-order valence-corrected chi connectivity index (χ0v) is 8.70. The highest BCUT2D eigenvalue weighted by Gasteiger charge is 2.32. The van der Waals surface area contributed by atoms with Gasteiger partial charge in [0.2, 0.25) is 0 Å². The second-order valence-corrected chi connectivity index (χ2v) is 4.03. The van der Waals surface area contributed by atoms with Gasteiger partial charge in [0.05, 0.1) is 0 Å². The van der Waals surface area contributed by atoms with Gasteiger partial charge < -0.3 is 0 Å². The lowest BCUT2D eigenvalue weighted by atomic mass is 9.83. The van der Waals surface area contributed by atoms with Crippen LogP contribution in [0.5, 0.6) is 0 Å². The Morgan fingerprint density at radius 2 is 2.15 bits per heavy atom. The minimum Gasteiger partial charge on any atom is -0.229 e. The van der Waals surface area contributed by atoms with Gasteiger partial charge in [0.15, 0.2) is 5.67 Å². The summed E-state index contributed by atoms with van der Waals surface area (Å²) in [5.74, 6) is 5.88. The van der Waals surface area contributed by atoms with Gasteiger partial charge in [-0.05, 0) is 25.7 Å². The average Bonchev–Trinajstić information content (AvgIpc) is 2.10. The zero-order chi connectivity index (χ0) is 9.73. The van der Waals surface area contributed by atoms with Gasteiger partial charge in [0.1, 0.15) is 0 Å². The second-order valence-electron chi connectivity index (χ2n) is 4.03. The highest BCUT2D eigenvalue weighted by Crippen LogP contribution is 2.31. The van der Waals surface area contributed by atoms with E-state index in [4.69, 9.17) is 0 Å². The first-order chi connectivity index (χ1) is 6.19. The van der Waals surface area contributed by atoms with Crippen LogP contribution in [0.15, 0.2) is 0 Å². The molecule has 13 heavy (non-hydrogen) atoms. The predicted octanol–water partition coefficient (Wildman–Crippen LogP) is 3.71. The van der Waals surface area contributed by atoms with Gasteiger partial charge in [-0.25, -0.2) is 4.39 Å². The molecular weight excluding hydrogens is 163 g/mol. The molecule has 74 valence electrons. The topological polar surface area (TPSA) is 0 Å². The van der Waals surface area contributed by atoms with Crippen molar-refractivity contribution in [3.05, 3.63) is 0 Å². The fourth-order valence-electron chi connectivity index (χ4n) is 1.74. The Bertz CT molecular complexity index is 211. The molecule has 1 aliphatic rings. The maximum absolute atomic E-state index is 14.2. The lowest BCUT2D eigenvalue weighted by Gasteiger charge is -2.26. The van der Waals surface area contributed by atoms with E-state index < -0.39 is 5.67 Å². The molecular formula is C12H19F. The Hall–Kier alpha value is -0.510. The van der Waals surface area contributed by atoms with E-state index in [1.54, 1.807) is 0 Å². The molecule has 1 rings (SSSR count). The van der Waals surface area contributed by atoms with Crippen LogP contribution in [0.25, 0.3) is 0 Å². The van der Waals surface area contributed by atoms with Crippen LogP contribution in [0.4, 0.5) is 4.39 Å². The summed E-state index contributed by atoms with van der Waals surface area (Å²) in [5.41, 5.74) is -1.20. The van der Waals surface area contributed by atoms with Crippen molar-refractivity contribution in [3.63, 3.8) is 0 Å². The molecule has 0 aromatic carbocycles. The van der Waals surface area contributed by atoms with Crippen LogP contribution in [0.2, 0.25) is 0 Å². The van der Waals surface area contributed by atoms with E-state index >= 15 is 0 Å². The van der Waals surface area contributed by atoms with Crippen molar-refractivity contribution in [2.75, 3.05) is 0 Å². The van der Waals surface area contributed by atoms with Gasteiger partial charge in [-0.3, -0.25) is 0 Å². The molecule has 0 amide bonds. The first kappa shape index (κ1) is 10.6. The molecule has 0 N–H and O–H groups in total. The highest BCUT2D eigenvalue weighted by atomic mass is 19.1. The van der Waals surface area contributed by atoms with Crippen molar-refractivity contribution in [2.24, 2.45) is 5.92 Å². The molecule has 0 heterocycles. The third-order valence-electron chi connectivity index (χ3n) is 3.03. The maximum Gasteiger partial charge on any atom is 0.173 e. The first-order valence-electron chi connectivity index (χ1n) is 5.38. The van der Waals surface area contributed by atoms with Crippen molar-refractivity contribution in [1.82, 2.24) is 0 Å². The molecule has 0 nitrogen and oxygen atoms in total. The molecule has 0 aromatic heterocycles. The third kappa shape index (κ3) is 2.72. The van der Waals surface area contributed by atoms with Crippen molar-refractivity contribution >= 4 is 0 Å². The lowest BCUT2D eigenvalue weighted by Crippen LogP contribution is -2.29. The Labute approximate surface area is 80.9 Å². The van der Waals surface area contributed by atoms with E-state index in [0.29, 0.717) is 6.42 Å². The summed E-state index contributed by atoms with van der Waals surface area (Å²) in [6.45, 7) is 4.00.